The molecule has 3 aromatic rings. The number of fused-ring (bicyclic) bond motifs is 1. The average molecular weight is 482 g/mol. The van der Waals surface area contributed by atoms with Crippen LogP contribution < -0.4 is 4.90 Å². The summed E-state index contributed by atoms with van der Waals surface area (Å²) in [5, 5.41) is 10.8. The van der Waals surface area contributed by atoms with E-state index < -0.39 is 0 Å². The first-order chi connectivity index (χ1) is 16.7. The Balaban J connectivity index is 2.39. The first kappa shape index (κ1) is 27.2. The van der Waals surface area contributed by atoms with Crippen LogP contribution in [0.2, 0.25) is 0 Å². The second kappa shape index (κ2) is 11.5. The highest BCUT2D eigenvalue weighted by Crippen LogP contribution is 2.41. The van der Waals surface area contributed by atoms with E-state index in [0.717, 1.165) is 42.0 Å². The molecule has 1 N–H and O–H groups in total. The lowest BCUT2D eigenvalue weighted by Gasteiger charge is -2.25. The number of aromatic nitrogens is 2. The molecule has 0 radical (unpaired) electrons. The van der Waals surface area contributed by atoms with Crippen LogP contribution in [0.3, 0.4) is 0 Å². The number of pyridine rings is 1. The zero-order chi connectivity index (χ0) is 25.8. The normalized spacial score (nSPS) is 12.9. The summed E-state index contributed by atoms with van der Waals surface area (Å²) in [6.07, 6.45) is 2.67. The molecule has 1 unspecified atom stereocenters. The van der Waals surface area contributed by atoms with E-state index in [9.17, 15) is 5.11 Å². The van der Waals surface area contributed by atoms with Gasteiger partial charge in [0, 0.05) is 62.2 Å². The summed E-state index contributed by atoms with van der Waals surface area (Å²) in [7, 11) is 3.51. The standard InChI is InChI=1S/C29H43N3O3/c1-9-31(13-14-33)22-11-12-26-23(16-22)25(17-29(5,6)19-34-7)28(32(26)10-2)24-15-20(3)18-30-27(24)21(4)35-8/h11-12,15-16,18,21,33H,9-10,13-14,17,19H2,1-8H3. The highest BCUT2D eigenvalue weighted by atomic mass is 16.5. The molecule has 2 aromatic heterocycles. The van der Waals surface area contributed by atoms with Gasteiger partial charge >= 0.3 is 0 Å². The summed E-state index contributed by atoms with van der Waals surface area (Å²) in [5.41, 5.74) is 8.03. The molecule has 3 rings (SSSR count). The maximum absolute atomic E-state index is 9.60. The fourth-order valence-corrected chi connectivity index (χ4v) is 5.14. The third kappa shape index (κ3) is 5.71. The van der Waals surface area contributed by atoms with Crippen LogP contribution in [-0.2, 0) is 22.4 Å². The van der Waals surface area contributed by atoms with Crippen LogP contribution in [-0.4, -0.2) is 55.2 Å². The third-order valence-electron chi connectivity index (χ3n) is 6.82. The summed E-state index contributed by atoms with van der Waals surface area (Å²) in [6.45, 7) is 16.1. The van der Waals surface area contributed by atoms with Crippen LogP contribution in [0.5, 0.6) is 0 Å². The highest BCUT2D eigenvalue weighted by molar-refractivity contribution is 5.94. The van der Waals surface area contributed by atoms with Gasteiger partial charge in [0.15, 0.2) is 0 Å². The molecule has 0 aliphatic carbocycles. The summed E-state index contributed by atoms with van der Waals surface area (Å²) in [4.78, 5) is 7.05. The zero-order valence-electron chi connectivity index (χ0n) is 22.8. The van der Waals surface area contributed by atoms with E-state index in [0.29, 0.717) is 13.2 Å². The molecule has 35 heavy (non-hydrogen) atoms. The van der Waals surface area contributed by atoms with Crippen LogP contribution in [0.25, 0.3) is 22.2 Å². The Morgan fingerprint density at radius 3 is 2.51 bits per heavy atom. The topological polar surface area (TPSA) is 59.8 Å². The summed E-state index contributed by atoms with van der Waals surface area (Å²) in [5.74, 6) is 0. The Kier molecular flexibility index (Phi) is 8.97. The Bertz CT molecular complexity index is 1140. The third-order valence-corrected chi connectivity index (χ3v) is 6.82. The maximum atomic E-state index is 9.60. The molecular weight excluding hydrogens is 438 g/mol. The van der Waals surface area contributed by atoms with Crippen molar-refractivity contribution in [3.05, 3.63) is 47.3 Å². The lowest BCUT2D eigenvalue weighted by atomic mass is 9.84. The number of ether oxygens (including phenoxy) is 2. The molecule has 0 saturated heterocycles. The molecule has 0 saturated carbocycles. The van der Waals surface area contributed by atoms with E-state index in [1.54, 1.807) is 14.2 Å². The van der Waals surface area contributed by atoms with E-state index in [1.165, 1.54) is 22.2 Å². The van der Waals surface area contributed by atoms with Crippen molar-refractivity contribution in [2.24, 2.45) is 5.41 Å². The van der Waals surface area contributed by atoms with Gasteiger partial charge in [0.1, 0.15) is 0 Å². The fourth-order valence-electron chi connectivity index (χ4n) is 5.14. The number of aryl methyl sites for hydroxylation is 2. The average Bonchev–Trinajstić information content (AvgIpc) is 3.13. The molecule has 1 atom stereocenters. The van der Waals surface area contributed by atoms with Crippen LogP contribution in [0.4, 0.5) is 5.69 Å². The Hall–Kier alpha value is -2.41. The quantitative estimate of drug-likeness (QED) is 0.356. The van der Waals surface area contributed by atoms with Crippen LogP contribution in [0.15, 0.2) is 30.5 Å². The van der Waals surface area contributed by atoms with Crippen LogP contribution in [0.1, 0.15) is 57.5 Å². The number of methoxy groups -OCH3 is 2. The van der Waals surface area contributed by atoms with Gasteiger partial charge in [0.25, 0.3) is 0 Å². The van der Waals surface area contributed by atoms with Gasteiger partial charge in [-0.3, -0.25) is 4.98 Å². The SMILES string of the molecule is CCN(CCO)c1ccc2c(c1)c(CC(C)(C)COC)c(-c1cc(C)cnc1C(C)OC)n2CC. The van der Waals surface area contributed by atoms with E-state index in [4.69, 9.17) is 14.5 Å². The molecular formula is C29H43N3O3. The number of hydrogen-bond acceptors (Lipinski definition) is 5. The highest BCUT2D eigenvalue weighted by Gasteiger charge is 2.28. The predicted octanol–water partition coefficient (Wildman–Crippen LogP) is 5.77. The van der Waals surface area contributed by atoms with E-state index in [1.807, 2.05) is 6.20 Å². The predicted molar refractivity (Wildman–Crippen MR) is 145 cm³/mol. The van der Waals surface area contributed by atoms with Gasteiger partial charge in [0.05, 0.1) is 30.7 Å². The summed E-state index contributed by atoms with van der Waals surface area (Å²) >= 11 is 0. The lowest BCUT2D eigenvalue weighted by Crippen LogP contribution is -2.26. The first-order valence-corrected chi connectivity index (χ1v) is 12.7. The smallest absolute Gasteiger partial charge is 0.0969 e. The van der Waals surface area contributed by atoms with Crippen molar-refractivity contribution >= 4 is 16.6 Å². The number of rotatable bonds is 12. The van der Waals surface area contributed by atoms with Crippen molar-refractivity contribution in [1.29, 1.82) is 0 Å². The van der Waals surface area contributed by atoms with Crippen LogP contribution >= 0.6 is 0 Å². The summed E-state index contributed by atoms with van der Waals surface area (Å²) in [6, 6.07) is 8.95. The minimum Gasteiger partial charge on any atom is -0.395 e. The first-order valence-electron chi connectivity index (χ1n) is 12.7. The number of benzene rings is 1. The second-order valence-corrected chi connectivity index (χ2v) is 10.2. The van der Waals surface area contributed by atoms with Crippen molar-refractivity contribution in [1.82, 2.24) is 9.55 Å². The molecule has 0 aliphatic rings. The minimum absolute atomic E-state index is 0.0494. The fraction of sp³-hybridized carbons (Fsp3) is 0.552. The zero-order valence-corrected chi connectivity index (χ0v) is 22.8. The van der Waals surface area contributed by atoms with Gasteiger partial charge in [-0.15, -0.1) is 0 Å². The van der Waals surface area contributed by atoms with Crippen molar-refractivity contribution in [2.45, 2.75) is 60.6 Å². The van der Waals surface area contributed by atoms with E-state index >= 15 is 0 Å². The van der Waals surface area contributed by atoms with E-state index in [-0.39, 0.29) is 18.1 Å². The number of nitrogens with zero attached hydrogens (tertiary/aromatic N) is 3. The number of aliphatic hydroxyl groups is 1. The molecule has 2 heterocycles. The Labute approximate surface area is 210 Å². The maximum Gasteiger partial charge on any atom is 0.0969 e. The molecule has 0 spiro atoms. The Morgan fingerprint density at radius 2 is 1.91 bits per heavy atom. The minimum atomic E-state index is -0.121. The Morgan fingerprint density at radius 1 is 1.17 bits per heavy atom. The number of aliphatic hydroxyl groups excluding tert-OH is 1. The largest absolute Gasteiger partial charge is 0.395 e. The summed E-state index contributed by atoms with van der Waals surface area (Å²) < 4.78 is 13.8. The van der Waals surface area contributed by atoms with Crippen molar-refractivity contribution in [3.8, 4) is 11.3 Å². The molecule has 1 aromatic carbocycles. The van der Waals surface area contributed by atoms with Gasteiger partial charge < -0.3 is 24.0 Å². The number of hydrogen-bond donors (Lipinski definition) is 1. The molecule has 6 heteroatoms. The lowest BCUT2D eigenvalue weighted by molar-refractivity contribution is 0.105. The van der Waals surface area contributed by atoms with Gasteiger partial charge in [-0.05, 0) is 74.9 Å². The van der Waals surface area contributed by atoms with Gasteiger partial charge in [-0.2, -0.15) is 0 Å². The molecule has 0 bridgehead atoms. The van der Waals surface area contributed by atoms with Crippen LogP contribution in [0, 0.1) is 12.3 Å². The van der Waals surface area contributed by atoms with Crippen molar-refractivity contribution in [2.75, 3.05) is 45.4 Å². The second-order valence-electron chi connectivity index (χ2n) is 10.2. The van der Waals surface area contributed by atoms with E-state index in [2.05, 4.69) is 75.3 Å². The molecule has 0 aliphatic heterocycles. The monoisotopic (exact) mass is 481 g/mol. The van der Waals surface area contributed by atoms with Gasteiger partial charge in [0.2, 0.25) is 0 Å². The van der Waals surface area contributed by atoms with Crippen molar-refractivity contribution in [3.63, 3.8) is 0 Å². The molecule has 192 valence electrons. The van der Waals surface area contributed by atoms with Gasteiger partial charge in [-0.1, -0.05) is 13.8 Å². The van der Waals surface area contributed by atoms with Crippen molar-refractivity contribution < 1.29 is 14.6 Å². The molecule has 0 fully saturated rings. The molecule has 0 amide bonds. The molecule has 6 nitrogen and oxygen atoms in total. The van der Waals surface area contributed by atoms with Gasteiger partial charge in [-0.25, -0.2) is 0 Å². The number of anilines is 1. The number of likely N-dealkylation sites (N-methyl/N-ethyl adjacent to an activating group) is 1.